The summed E-state index contributed by atoms with van der Waals surface area (Å²) in [7, 11) is 1.60. The number of hydrogen-bond acceptors (Lipinski definition) is 7. The van der Waals surface area contributed by atoms with Gasteiger partial charge in [0.15, 0.2) is 0 Å². The van der Waals surface area contributed by atoms with Gasteiger partial charge in [-0.3, -0.25) is 20.2 Å². The summed E-state index contributed by atoms with van der Waals surface area (Å²) in [6.07, 6.45) is 1.03. The average Bonchev–Trinajstić information content (AvgIpc) is 2.78. The Labute approximate surface area is 119 Å². The van der Waals surface area contributed by atoms with Crippen molar-refractivity contribution in [2.24, 2.45) is 0 Å². The summed E-state index contributed by atoms with van der Waals surface area (Å²) in [5, 5.41) is 19.9. The maximum Gasteiger partial charge on any atom is 0.300 e. The summed E-state index contributed by atoms with van der Waals surface area (Å²) in [5.74, 6) is -0.161. The van der Waals surface area contributed by atoms with E-state index in [-0.39, 0.29) is 17.1 Å². The molecule has 0 aliphatic heterocycles. The van der Waals surface area contributed by atoms with Crippen LogP contribution in [0.1, 0.15) is 21.6 Å². The zero-order valence-electron chi connectivity index (χ0n) is 11.6. The Bertz CT molecular complexity index is 710. The number of rotatable bonds is 4. The molecule has 9 nitrogen and oxygen atoms in total. The Hall–Kier alpha value is -2.97. The first-order chi connectivity index (χ1) is 9.93. The number of nitro groups is 1. The van der Waals surface area contributed by atoms with E-state index in [0.717, 1.165) is 6.20 Å². The number of nitrogens with one attached hydrogen (secondary N) is 2. The quantitative estimate of drug-likeness (QED) is 0.651. The zero-order chi connectivity index (χ0) is 15.6. The van der Waals surface area contributed by atoms with Gasteiger partial charge in [0.05, 0.1) is 10.6 Å². The SMILES string of the molecule is CNc1cc(C(=O)Nc2onc(C)c2C)c([N+](=O)[O-])cn1. The molecule has 0 atom stereocenters. The molecule has 0 spiro atoms. The van der Waals surface area contributed by atoms with Crippen LogP contribution in [0.5, 0.6) is 0 Å². The summed E-state index contributed by atoms with van der Waals surface area (Å²) >= 11 is 0. The molecule has 0 aliphatic rings. The second-order valence-electron chi connectivity index (χ2n) is 4.27. The molecule has 0 saturated heterocycles. The van der Waals surface area contributed by atoms with Crippen LogP contribution in [-0.2, 0) is 0 Å². The standard InChI is InChI=1S/C12H13N5O4/c1-6-7(2)16-21-12(6)15-11(18)8-4-10(13-3)14-5-9(8)17(19)20/h4-5H,1-3H3,(H,13,14)(H,15,18). The number of nitrogens with zero attached hydrogens (tertiary/aromatic N) is 3. The van der Waals surface area contributed by atoms with E-state index in [4.69, 9.17) is 4.52 Å². The smallest absolute Gasteiger partial charge is 0.300 e. The van der Waals surface area contributed by atoms with Crippen LogP contribution in [0.3, 0.4) is 0 Å². The van der Waals surface area contributed by atoms with Gasteiger partial charge in [0, 0.05) is 18.7 Å². The van der Waals surface area contributed by atoms with Crippen LogP contribution in [-0.4, -0.2) is 28.0 Å². The van der Waals surface area contributed by atoms with Crippen molar-refractivity contribution < 1.29 is 14.2 Å². The Morgan fingerprint density at radius 2 is 2.14 bits per heavy atom. The van der Waals surface area contributed by atoms with Gasteiger partial charge >= 0.3 is 0 Å². The lowest BCUT2D eigenvalue weighted by Crippen LogP contribution is -2.15. The maximum absolute atomic E-state index is 12.2. The molecule has 0 aliphatic carbocycles. The van der Waals surface area contributed by atoms with Crippen LogP contribution in [0.4, 0.5) is 17.4 Å². The van der Waals surface area contributed by atoms with E-state index in [2.05, 4.69) is 20.8 Å². The second kappa shape index (κ2) is 5.57. The third-order valence-electron chi connectivity index (χ3n) is 2.96. The average molecular weight is 291 g/mol. The lowest BCUT2D eigenvalue weighted by molar-refractivity contribution is -0.385. The van der Waals surface area contributed by atoms with Gasteiger partial charge in [-0.05, 0) is 13.8 Å². The van der Waals surface area contributed by atoms with Gasteiger partial charge in [-0.2, -0.15) is 0 Å². The normalized spacial score (nSPS) is 10.2. The highest BCUT2D eigenvalue weighted by Crippen LogP contribution is 2.23. The highest BCUT2D eigenvalue weighted by atomic mass is 16.6. The summed E-state index contributed by atoms with van der Waals surface area (Å²) in [6, 6.07) is 1.30. The first-order valence-electron chi connectivity index (χ1n) is 6.00. The number of aromatic nitrogens is 2. The summed E-state index contributed by atoms with van der Waals surface area (Å²) in [5.41, 5.74) is 0.785. The van der Waals surface area contributed by atoms with E-state index in [0.29, 0.717) is 17.1 Å². The van der Waals surface area contributed by atoms with Crippen molar-refractivity contribution in [3.05, 3.63) is 39.2 Å². The maximum atomic E-state index is 12.2. The summed E-state index contributed by atoms with van der Waals surface area (Å²) in [4.78, 5) is 26.3. The van der Waals surface area contributed by atoms with Crippen LogP contribution in [0.2, 0.25) is 0 Å². The predicted octanol–water partition coefficient (Wildman–Crippen LogP) is 1.89. The number of carbonyl (C=O) groups is 1. The monoisotopic (exact) mass is 291 g/mol. The van der Waals surface area contributed by atoms with E-state index in [1.165, 1.54) is 6.07 Å². The number of pyridine rings is 1. The molecule has 2 N–H and O–H groups in total. The molecule has 9 heteroatoms. The minimum Gasteiger partial charge on any atom is -0.373 e. The van der Waals surface area contributed by atoms with E-state index in [9.17, 15) is 14.9 Å². The molecule has 0 fully saturated rings. The number of amides is 1. The van der Waals surface area contributed by atoms with Gasteiger partial charge in [-0.15, -0.1) is 0 Å². The van der Waals surface area contributed by atoms with Crippen molar-refractivity contribution in [2.75, 3.05) is 17.7 Å². The molecule has 2 aromatic heterocycles. The lowest BCUT2D eigenvalue weighted by Gasteiger charge is -2.05. The van der Waals surface area contributed by atoms with Crippen molar-refractivity contribution in [3.8, 4) is 0 Å². The van der Waals surface area contributed by atoms with Crippen molar-refractivity contribution in [1.29, 1.82) is 0 Å². The van der Waals surface area contributed by atoms with Crippen molar-refractivity contribution in [3.63, 3.8) is 0 Å². The Kier molecular flexibility index (Phi) is 3.83. The topological polar surface area (TPSA) is 123 Å². The summed E-state index contributed by atoms with van der Waals surface area (Å²) < 4.78 is 4.96. The molecule has 2 rings (SSSR count). The highest BCUT2D eigenvalue weighted by molar-refractivity contribution is 6.07. The van der Waals surface area contributed by atoms with E-state index < -0.39 is 10.8 Å². The zero-order valence-corrected chi connectivity index (χ0v) is 11.6. The van der Waals surface area contributed by atoms with Crippen LogP contribution >= 0.6 is 0 Å². The largest absolute Gasteiger partial charge is 0.373 e. The second-order valence-corrected chi connectivity index (χ2v) is 4.27. The molecule has 110 valence electrons. The first-order valence-corrected chi connectivity index (χ1v) is 6.00. The van der Waals surface area contributed by atoms with Gasteiger partial charge in [-0.25, -0.2) is 4.98 Å². The molecule has 2 heterocycles. The molecule has 21 heavy (non-hydrogen) atoms. The Morgan fingerprint density at radius 3 is 2.67 bits per heavy atom. The van der Waals surface area contributed by atoms with Gasteiger partial charge in [0.1, 0.15) is 17.6 Å². The minimum absolute atomic E-state index is 0.118. The third kappa shape index (κ3) is 2.81. The molecular formula is C12H13N5O4. The van der Waals surface area contributed by atoms with Crippen molar-refractivity contribution >= 4 is 23.3 Å². The van der Waals surface area contributed by atoms with E-state index in [1.807, 2.05) is 0 Å². The number of carbonyl (C=O) groups excluding carboxylic acids is 1. The van der Waals surface area contributed by atoms with Crippen molar-refractivity contribution in [1.82, 2.24) is 10.1 Å². The van der Waals surface area contributed by atoms with E-state index >= 15 is 0 Å². The third-order valence-corrected chi connectivity index (χ3v) is 2.96. The molecule has 0 bridgehead atoms. The fourth-order valence-corrected chi connectivity index (χ4v) is 1.61. The Balaban J connectivity index is 2.37. The summed E-state index contributed by atoms with van der Waals surface area (Å²) in [6.45, 7) is 3.45. The van der Waals surface area contributed by atoms with Crippen LogP contribution in [0.15, 0.2) is 16.8 Å². The van der Waals surface area contributed by atoms with Crippen molar-refractivity contribution in [2.45, 2.75) is 13.8 Å². The highest BCUT2D eigenvalue weighted by Gasteiger charge is 2.23. The lowest BCUT2D eigenvalue weighted by atomic mass is 10.2. The first kappa shape index (κ1) is 14.4. The fraction of sp³-hybridized carbons (Fsp3) is 0.250. The van der Waals surface area contributed by atoms with Gasteiger partial charge in [-0.1, -0.05) is 5.16 Å². The molecule has 0 radical (unpaired) electrons. The molecule has 2 aromatic rings. The molecular weight excluding hydrogens is 278 g/mol. The van der Waals surface area contributed by atoms with Gasteiger partial charge in [0.25, 0.3) is 11.6 Å². The molecule has 0 saturated carbocycles. The number of aryl methyl sites for hydroxylation is 1. The van der Waals surface area contributed by atoms with Gasteiger partial charge in [0.2, 0.25) is 5.88 Å². The Morgan fingerprint density at radius 1 is 1.43 bits per heavy atom. The van der Waals surface area contributed by atoms with Crippen LogP contribution in [0.25, 0.3) is 0 Å². The van der Waals surface area contributed by atoms with Gasteiger partial charge < -0.3 is 9.84 Å². The minimum atomic E-state index is -0.667. The molecule has 1 amide bonds. The molecule has 0 aromatic carbocycles. The predicted molar refractivity (Wildman–Crippen MR) is 74.4 cm³/mol. The molecule has 0 unspecified atom stereocenters. The fourth-order valence-electron chi connectivity index (χ4n) is 1.61. The van der Waals surface area contributed by atoms with Crippen LogP contribution < -0.4 is 10.6 Å². The number of anilines is 2. The number of hydrogen-bond donors (Lipinski definition) is 2. The van der Waals surface area contributed by atoms with Crippen LogP contribution in [0, 0.1) is 24.0 Å². The van der Waals surface area contributed by atoms with E-state index in [1.54, 1.807) is 20.9 Å².